The lowest BCUT2D eigenvalue weighted by Gasteiger charge is -2.40. The molecule has 2 aliphatic rings. The van der Waals surface area contributed by atoms with Gasteiger partial charge in [-0.25, -0.2) is 0 Å². The minimum absolute atomic E-state index is 0.167. The van der Waals surface area contributed by atoms with E-state index in [0.717, 1.165) is 38.5 Å². The summed E-state index contributed by atoms with van der Waals surface area (Å²) in [6.45, 7) is 4.90. The third-order valence-electron chi connectivity index (χ3n) is 3.51. The fourth-order valence-corrected chi connectivity index (χ4v) is 2.27. The molecule has 0 bridgehead atoms. The second-order valence-corrected chi connectivity index (χ2v) is 4.94. The van der Waals surface area contributed by atoms with Gasteiger partial charge in [0.05, 0.1) is 6.10 Å². The lowest BCUT2D eigenvalue weighted by molar-refractivity contribution is -0.0164. The van der Waals surface area contributed by atoms with E-state index in [1.165, 1.54) is 12.8 Å². The van der Waals surface area contributed by atoms with E-state index in [4.69, 9.17) is 10.5 Å². The summed E-state index contributed by atoms with van der Waals surface area (Å²) >= 11 is 0. The monoisotopic (exact) mass is 198 g/mol. The summed E-state index contributed by atoms with van der Waals surface area (Å²) in [4.78, 5) is 0. The molecule has 2 fully saturated rings. The van der Waals surface area contributed by atoms with Crippen molar-refractivity contribution in [1.29, 1.82) is 0 Å². The van der Waals surface area contributed by atoms with Gasteiger partial charge in [-0.15, -0.1) is 0 Å². The second kappa shape index (κ2) is 4.17. The second-order valence-electron chi connectivity index (χ2n) is 4.94. The highest BCUT2D eigenvalue weighted by Gasteiger charge is 2.35. The SMILES string of the molecule is CC1CC(CN)(NCC2CC2)CCO1. The molecule has 3 nitrogen and oxygen atoms in total. The zero-order chi connectivity index (χ0) is 10.0. The Morgan fingerprint density at radius 2 is 2.29 bits per heavy atom. The van der Waals surface area contributed by atoms with Gasteiger partial charge in [0.2, 0.25) is 0 Å². The molecular formula is C11H22N2O. The first-order chi connectivity index (χ1) is 6.74. The molecule has 14 heavy (non-hydrogen) atoms. The zero-order valence-corrected chi connectivity index (χ0v) is 9.09. The normalized spacial score (nSPS) is 38.6. The van der Waals surface area contributed by atoms with Crippen LogP contribution in [-0.4, -0.2) is 31.3 Å². The van der Waals surface area contributed by atoms with Crippen LogP contribution in [0, 0.1) is 5.92 Å². The molecule has 3 N–H and O–H groups in total. The quantitative estimate of drug-likeness (QED) is 0.705. The molecule has 0 aromatic rings. The molecule has 1 saturated heterocycles. The standard InChI is InChI=1S/C11H22N2O/c1-9-6-11(8-12,4-5-14-9)13-7-10-2-3-10/h9-10,13H,2-8,12H2,1H3. The Labute approximate surface area is 86.4 Å². The van der Waals surface area contributed by atoms with E-state index < -0.39 is 0 Å². The van der Waals surface area contributed by atoms with Crippen molar-refractivity contribution < 1.29 is 4.74 Å². The molecule has 0 aromatic carbocycles. The first-order valence-corrected chi connectivity index (χ1v) is 5.81. The van der Waals surface area contributed by atoms with Crippen LogP contribution in [0.15, 0.2) is 0 Å². The summed E-state index contributed by atoms with van der Waals surface area (Å²) < 4.78 is 5.56. The van der Waals surface area contributed by atoms with Crippen molar-refractivity contribution in [3.63, 3.8) is 0 Å². The average Bonchev–Trinajstić information content (AvgIpc) is 2.98. The van der Waals surface area contributed by atoms with Crippen molar-refractivity contribution in [3.05, 3.63) is 0 Å². The van der Waals surface area contributed by atoms with Gasteiger partial charge in [-0.05, 0) is 45.1 Å². The first-order valence-electron chi connectivity index (χ1n) is 5.81. The molecule has 2 atom stereocenters. The Morgan fingerprint density at radius 1 is 1.50 bits per heavy atom. The average molecular weight is 198 g/mol. The van der Waals surface area contributed by atoms with E-state index in [1.807, 2.05) is 0 Å². The van der Waals surface area contributed by atoms with Crippen LogP contribution >= 0.6 is 0 Å². The highest BCUT2D eigenvalue weighted by molar-refractivity contribution is 4.94. The summed E-state index contributed by atoms with van der Waals surface area (Å²) in [6.07, 6.45) is 5.30. The van der Waals surface area contributed by atoms with Gasteiger partial charge >= 0.3 is 0 Å². The minimum atomic E-state index is 0.167. The summed E-state index contributed by atoms with van der Waals surface area (Å²) in [5.74, 6) is 0.927. The van der Waals surface area contributed by atoms with Crippen molar-refractivity contribution in [1.82, 2.24) is 5.32 Å². The van der Waals surface area contributed by atoms with Crippen LogP contribution in [0.25, 0.3) is 0 Å². The summed E-state index contributed by atoms with van der Waals surface area (Å²) in [7, 11) is 0. The highest BCUT2D eigenvalue weighted by Crippen LogP contribution is 2.30. The zero-order valence-electron chi connectivity index (χ0n) is 9.09. The van der Waals surface area contributed by atoms with Crippen LogP contribution < -0.4 is 11.1 Å². The maximum absolute atomic E-state index is 5.89. The maximum atomic E-state index is 5.89. The van der Waals surface area contributed by atoms with E-state index in [2.05, 4.69) is 12.2 Å². The predicted molar refractivity (Wildman–Crippen MR) is 57.2 cm³/mol. The number of ether oxygens (including phenoxy) is 1. The van der Waals surface area contributed by atoms with Crippen LogP contribution in [-0.2, 0) is 4.74 Å². The van der Waals surface area contributed by atoms with Gasteiger partial charge in [0.25, 0.3) is 0 Å². The molecule has 2 rings (SSSR count). The third kappa shape index (κ3) is 2.47. The van der Waals surface area contributed by atoms with Crippen LogP contribution in [0.5, 0.6) is 0 Å². The minimum Gasteiger partial charge on any atom is -0.378 e. The number of rotatable bonds is 4. The van der Waals surface area contributed by atoms with Crippen molar-refractivity contribution in [2.75, 3.05) is 19.7 Å². The number of hydrogen-bond acceptors (Lipinski definition) is 3. The van der Waals surface area contributed by atoms with Crippen LogP contribution in [0.1, 0.15) is 32.6 Å². The molecule has 0 aromatic heterocycles. The lowest BCUT2D eigenvalue weighted by Crippen LogP contribution is -2.56. The maximum Gasteiger partial charge on any atom is 0.0565 e. The number of hydrogen-bond donors (Lipinski definition) is 2. The topological polar surface area (TPSA) is 47.3 Å². The van der Waals surface area contributed by atoms with Gasteiger partial charge < -0.3 is 15.8 Å². The van der Waals surface area contributed by atoms with Crippen LogP contribution in [0.4, 0.5) is 0 Å². The molecule has 0 amide bonds. The molecule has 0 spiro atoms. The molecule has 2 unspecified atom stereocenters. The van der Waals surface area contributed by atoms with Crippen molar-refractivity contribution in [2.45, 2.75) is 44.2 Å². The highest BCUT2D eigenvalue weighted by atomic mass is 16.5. The number of nitrogens with one attached hydrogen (secondary N) is 1. The Kier molecular flexibility index (Phi) is 3.10. The molecule has 0 radical (unpaired) electrons. The van der Waals surface area contributed by atoms with Gasteiger partial charge in [-0.2, -0.15) is 0 Å². The van der Waals surface area contributed by atoms with E-state index in [1.54, 1.807) is 0 Å². The van der Waals surface area contributed by atoms with Crippen molar-refractivity contribution >= 4 is 0 Å². The van der Waals surface area contributed by atoms with Gasteiger partial charge in [0.15, 0.2) is 0 Å². The molecule has 1 heterocycles. The van der Waals surface area contributed by atoms with E-state index in [9.17, 15) is 0 Å². The van der Waals surface area contributed by atoms with Gasteiger partial charge in [-0.3, -0.25) is 0 Å². The van der Waals surface area contributed by atoms with Crippen molar-refractivity contribution in [3.8, 4) is 0 Å². The Hall–Kier alpha value is -0.120. The fraction of sp³-hybridized carbons (Fsp3) is 1.00. The van der Waals surface area contributed by atoms with Crippen molar-refractivity contribution in [2.24, 2.45) is 11.7 Å². The molecule has 1 aliphatic heterocycles. The Bertz CT molecular complexity index is 194. The van der Waals surface area contributed by atoms with E-state index in [-0.39, 0.29) is 5.54 Å². The summed E-state index contributed by atoms with van der Waals surface area (Å²) in [6, 6.07) is 0. The van der Waals surface area contributed by atoms with Crippen LogP contribution in [0.3, 0.4) is 0 Å². The fourth-order valence-electron chi connectivity index (χ4n) is 2.27. The molecule has 1 aliphatic carbocycles. The van der Waals surface area contributed by atoms with Gasteiger partial charge in [0.1, 0.15) is 0 Å². The Morgan fingerprint density at radius 3 is 2.86 bits per heavy atom. The van der Waals surface area contributed by atoms with Crippen LogP contribution in [0.2, 0.25) is 0 Å². The largest absolute Gasteiger partial charge is 0.378 e. The number of nitrogens with two attached hydrogens (primary N) is 1. The molecular weight excluding hydrogens is 176 g/mol. The van der Waals surface area contributed by atoms with E-state index >= 15 is 0 Å². The van der Waals surface area contributed by atoms with E-state index in [0.29, 0.717) is 6.10 Å². The third-order valence-corrected chi connectivity index (χ3v) is 3.51. The molecule has 3 heteroatoms. The summed E-state index contributed by atoms with van der Waals surface area (Å²) in [5, 5.41) is 3.67. The van der Waals surface area contributed by atoms with Gasteiger partial charge in [0, 0.05) is 18.7 Å². The smallest absolute Gasteiger partial charge is 0.0565 e. The lowest BCUT2D eigenvalue weighted by atomic mass is 9.87. The predicted octanol–water partition coefficient (Wildman–Crippen LogP) is 0.882. The first kappa shape index (κ1) is 10.4. The summed E-state index contributed by atoms with van der Waals surface area (Å²) in [5.41, 5.74) is 6.06. The van der Waals surface area contributed by atoms with Gasteiger partial charge in [-0.1, -0.05) is 0 Å². The molecule has 82 valence electrons. The Balaban J connectivity index is 1.85. The molecule has 1 saturated carbocycles.